The van der Waals surface area contributed by atoms with Crippen LogP contribution in [0.5, 0.6) is 0 Å². The molecular formula is C10H15F3N2O2. The van der Waals surface area contributed by atoms with Gasteiger partial charge in [0.2, 0.25) is 0 Å². The van der Waals surface area contributed by atoms with Gasteiger partial charge in [-0.1, -0.05) is 0 Å². The number of halogens is 3. The second-order valence-corrected chi connectivity index (χ2v) is 4.34. The van der Waals surface area contributed by atoms with E-state index in [-0.39, 0.29) is 19.1 Å². The lowest BCUT2D eigenvalue weighted by molar-refractivity contribution is -0.184. The van der Waals surface area contributed by atoms with Crippen molar-refractivity contribution < 1.29 is 22.7 Å². The van der Waals surface area contributed by atoms with E-state index in [0.717, 1.165) is 18.0 Å². The molecule has 17 heavy (non-hydrogen) atoms. The zero-order valence-corrected chi connectivity index (χ0v) is 9.37. The number of hydrogen-bond donors (Lipinski definition) is 0. The van der Waals surface area contributed by atoms with Gasteiger partial charge in [0.25, 0.3) is 0 Å². The Bertz CT molecular complexity index is 290. The Morgan fingerprint density at radius 2 is 1.82 bits per heavy atom. The second-order valence-electron chi connectivity index (χ2n) is 4.34. The highest BCUT2D eigenvalue weighted by Crippen LogP contribution is 2.24. The summed E-state index contributed by atoms with van der Waals surface area (Å²) < 4.78 is 41.9. The molecule has 0 aliphatic carbocycles. The molecule has 0 aromatic heterocycles. The number of amides is 1. The topological polar surface area (TPSA) is 32.8 Å². The number of ether oxygens (including phenoxy) is 1. The molecule has 1 unspecified atom stereocenters. The summed E-state index contributed by atoms with van der Waals surface area (Å²) >= 11 is 0. The molecule has 2 aliphatic rings. The summed E-state index contributed by atoms with van der Waals surface area (Å²) in [6.45, 7) is 3.07. The van der Waals surface area contributed by atoms with Crippen molar-refractivity contribution in [1.29, 1.82) is 0 Å². The molecule has 2 rings (SSSR count). The fraction of sp³-hybridized carbons (Fsp3) is 0.900. The van der Waals surface area contributed by atoms with Gasteiger partial charge in [-0.2, -0.15) is 13.2 Å². The van der Waals surface area contributed by atoms with E-state index in [9.17, 15) is 18.0 Å². The van der Waals surface area contributed by atoms with E-state index < -0.39 is 12.1 Å². The third kappa shape index (κ3) is 2.90. The van der Waals surface area contributed by atoms with Gasteiger partial charge >= 0.3 is 12.1 Å². The maximum Gasteiger partial charge on any atom is 0.471 e. The first kappa shape index (κ1) is 12.6. The monoisotopic (exact) mass is 252 g/mol. The minimum atomic E-state index is -4.75. The van der Waals surface area contributed by atoms with Gasteiger partial charge in [-0.15, -0.1) is 0 Å². The maximum atomic E-state index is 12.2. The summed E-state index contributed by atoms with van der Waals surface area (Å²) in [7, 11) is 0. The van der Waals surface area contributed by atoms with Crippen molar-refractivity contribution >= 4 is 5.91 Å². The number of carbonyl (C=O) groups is 1. The number of likely N-dealkylation sites (tertiary alicyclic amines) is 1. The normalized spacial score (nSPS) is 27.5. The number of morpholine rings is 1. The third-order valence-electron chi connectivity index (χ3n) is 3.26. The van der Waals surface area contributed by atoms with Crippen molar-refractivity contribution in [2.75, 3.05) is 39.4 Å². The van der Waals surface area contributed by atoms with Gasteiger partial charge in [0, 0.05) is 32.2 Å². The molecule has 0 saturated carbocycles. The Labute approximate surface area is 97.3 Å². The Balaban J connectivity index is 1.88. The summed E-state index contributed by atoms with van der Waals surface area (Å²) in [4.78, 5) is 14.1. The van der Waals surface area contributed by atoms with Gasteiger partial charge in [0.1, 0.15) is 0 Å². The molecule has 0 N–H and O–H groups in total. The highest BCUT2D eigenvalue weighted by Gasteiger charge is 2.45. The highest BCUT2D eigenvalue weighted by molar-refractivity contribution is 5.82. The zero-order valence-electron chi connectivity index (χ0n) is 9.37. The molecule has 2 fully saturated rings. The Morgan fingerprint density at radius 3 is 2.41 bits per heavy atom. The lowest BCUT2D eigenvalue weighted by atomic mass is 10.2. The predicted molar refractivity (Wildman–Crippen MR) is 53.4 cm³/mol. The van der Waals surface area contributed by atoms with E-state index in [4.69, 9.17) is 4.74 Å². The van der Waals surface area contributed by atoms with E-state index in [2.05, 4.69) is 4.90 Å². The lowest BCUT2D eigenvalue weighted by Gasteiger charge is -2.32. The summed E-state index contributed by atoms with van der Waals surface area (Å²) in [5, 5.41) is 0. The minimum absolute atomic E-state index is 0.0465. The van der Waals surface area contributed by atoms with E-state index in [0.29, 0.717) is 19.6 Å². The molecule has 0 aromatic carbocycles. The van der Waals surface area contributed by atoms with Gasteiger partial charge in [-0.3, -0.25) is 9.69 Å². The van der Waals surface area contributed by atoms with Crippen molar-refractivity contribution in [2.45, 2.75) is 18.6 Å². The number of rotatable bonds is 1. The van der Waals surface area contributed by atoms with Gasteiger partial charge in [0.05, 0.1) is 13.2 Å². The molecule has 0 aromatic rings. The predicted octanol–water partition coefficient (Wildman–Crippen LogP) is 0.482. The van der Waals surface area contributed by atoms with Crippen molar-refractivity contribution in [3.63, 3.8) is 0 Å². The average Bonchev–Trinajstić information content (AvgIpc) is 2.77. The average molecular weight is 252 g/mol. The fourth-order valence-corrected chi connectivity index (χ4v) is 2.35. The molecule has 2 heterocycles. The highest BCUT2D eigenvalue weighted by atomic mass is 19.4. The van der Waals surface area contributed by atoms with Crippen LogP contribution < -0.4 is 0 Å². The van der Waals surface area contributed by atoms with Crippen molar-refractivity contribution in [3.8, 4) is 0 Å². The fourth-order valence-electron chi connectivity index (χ4n) is 2.35. The van der Waals surface area contributed by atoms with Gasteiger partial charge in [0.15, 0.2) is 0 Å². The molecule has 1 atom stereocenters. The Morgan fingerprint density at radius 1 is 1.18 bits per heavy atom. The van der Waals surface area contributed by atoms with Crippen LogP contribution in [0.25, 0.3) is 0 Å². The quantitative estimate of drug-likeness (QED) is 0.680. The van der Waals surface area contributed by atoms with Crippen LogP contribution in [0.3, 0.4) is 0 Å². The van der Waals surface area contributed by atoms with Crippen LogP contribution >= 0.6 is 0 Å². The first-order valence-corrected chi connectivity index (χ1v) is 5.66. The van der Waals surface area contributed by atoms with Crippen LogP contribution in [-0.2, 0) is 9.53 Å². The molecule has 0 bridgehead atoms. The second kappa shape index (κ2) is 4.81. The molecule has 0 spiro atoms. The van der Waals surface area contributed by atoms with E-state index >= 15 is 0 Å². The maximum absolute atomic E-state index is 12.2. The molecule has 2 saturated heterocycles. The smallest absolute Gasteiger partial charge is 0.379 e. The standard InChI is InChI=1S/C10H15F3N2O2/c11-10(12,13)9(16)15-2-1-8(7-15)14-3-5-17-6-4-14/h8H,1-7H2. The van der Waals surface area contributed by atoms with Gasteiger partial charge < -0.3 is 9.64 Å². The Hall–Kier alpha value is -0.820. The number of carbonyl (C=O) groups excluding carboxylic acids is 1. The third-order valence-corrected chi connectivity index (χ3v) is 3.26. The lowest BCUT2D eigenvalue weighted by Crippen LogP contribution is -2.46. The molecule has 98 valence electrons. The zero-order chi connectivity index (χ0) is 12.5. The van der Waals surface area contributed by atoms with Crippen LogP contribution in [0.2, 0.25) is 0 Å². The number of alkyl halides is 3. The van der Waals surface area contributed by atoms with Crippen LogP contribution in [0.1, 0.15) is 6.42 Å². The van der Waals surface area contributed by atoms with Crippen LogP contribution in [0, 0.1) is 0 Å². The van der Waals surface area contributed by atoms with Crippen molar-refractivity contribution in [1.82, 2.24) is 9.80 Å². The summed E-state index contributed by atoms with van der Waals surface area (Å²) in [5.74, 6) is -1.71. The summed E-state index contributed by atoms with van der Waals surface area (Å²) in [6.07, 6.45) is -4.14. The first-order valence-electron chi connectivity index (χ1n) is 5.66. The van der Waals surface area contributed by atoms with Gasteiger partial charge in [-0.25, -0.2) is 0 Å². The molecule has 4 nitrogen and oxygen atoms in total. The molecule has 2 aliphatic heterocycles. The van der Waals surface area contributed by atoms with E-state index in [1.165, 1.54) is 0 Å². The van der Waals surface area contributed by atoms with Crippen LogP contribution in [0.15, 0.2) is 0 Å². The van der Waals surface area contributed by atoms with E-state index in [1.807, 2.05) is 0 Å². The van der Waals surface area contributed by atoms with Gasteiger partial charge in [-0.05, 0) is 6.42 Å². The molecular weight excluding hydrogens is 237 g/mol. The first-order chi connectivity index (χ1) is 7.98. The van der Waals surface area contributed by atoms with Crippen molar-refractivity contribution in [3.05, 3.63) is 0 Å². The van der Waals surface area contributed by atoms with Crippen molar-refractivity contribution in [2.24, 2.45) is 0 Å². The molecule has 0 radical (unpaired) electrons. The molecule has 7 heteroatoms. The minimum Gasteiger partial charge on any atom is -0.379 e. The molecule has 1 amide bonds. The largest absolute Gasteiger partial charge is 0.471 e. The summed E-state index contributed by atoms with van der Waals surface area (Å²) in [5.41, 5.74) is 0. The number of nitrogens with zero attached hydrogens (tertiary/aromatic N) is 2. The Kier molecular flexibility index (Phi) is 3.58. The summed E-state index contributed by atoms with van der Waals surface area (Å²) in [6, 6.07) is 0.0465. The number of hydrogen-bond acceptors (Lipinski definition) is 3. The van der Waals surface area contributed by atoms with E-state index in [1.54, 1.807) is 0 Å². The van der Waals surface area contributed by atoms with Crippen LogP contribution in [-0.4, -0.2) is 67.3 Å². The van der Waals surface area contributed by atoms with Crippen LogP contribution in [0.4, 0.5) is 13.2 Å². The SMILES string of the molecule is O=C(N1CCC(N2CCOCC2)C1)C(F)(F)F.